The minimum atomic E-state index is 0.00591. The Kier molecular flexibility index (Phi) is 5.63. The van der Waals surface area contributed by atoms with Gasteiger partial charge in [0.15, 0.2) is 0 Å². The van der Waals surface area contributed by atoms with Gasteiger partial charge < -0.3 is 15.4 Å². The van der Waals surface area contributed by atoms with Crippen LogP contribution in [0.4, 0.5) is 0 Å². The van der Waals surface area contributed by atoms with Crippen molar-refractivity contribution in [3.05, 3.63) is 0 Å². The quantitative estimate of drug-likeness (QED) is 0.763. The van der Waals surface area contributed by atoms with Gasteiger partial charge in [0.25, 0.3) is 0 Å². The summed E-state index contributed by atoms with van der Waals surface area (Å²) >= 11 is 0. The van der Waals surface area contributed by atoms with E-state index in [1.54, 1.807) is 7.11 Å². The number of likely N-dealkylation sites (tertiary alicyclic amines) is 1. The smallest absolute Gasteiger partial charge is 0.223 e. The van der Waals surface area contributed by atoms with E-state index >= 15 is 0 Å². The topological polar surface area (TPSA) is 53.6 Å². The molecule has 5 heteroatoms. The zero-order chi connectivity index (χ0) is 15.5. The lowest BCUT2D eigenvalue weighted by Gasteiger charge is -2.43. The fourth-order valence-corrected chi connectivity index (χ4v) is 3.15. The van der Waals surface area contributed by atoms with Crippen molar-refractivity contribution < 1.29 is 9.53 Å². The Hall–Kier alpha value is -0.650. The van der Waals surface area contributed by atoms with Crippen molar-refractivity contribution in [3.63, 3.8) is 0 Å². The molecule has 2 heterocycles. The number of hydrogen-bond acceptors (Lipinski definition) is 4. The number of carbonyl (C=O) groups is 1. The van der Waals surface area contributed by atoms with Crippen LogP contribution in [0.1, 0.15) is 33.6 Å². The Bertz CT molecular complexity index is 347. The molecule has 0 aromatic carbocycles. The van der Waals surface area contributed by atoms with Crippen molar-refractivity contribution in [3.8, 4) is 0 Å². The van der Waals surface area contributed by atoms with E-state index in [1.807, 2.05) is 6.92 Å². The van der Waals surface area contributed by atoms with Crippen LogP contribution in [-0.4, -0.2) is 62.3 Å². The molecule has 2 aliphatic heterocycles. The number of carbonyl (C=O) groups excluding carboxylic acids is 1. The van der Waals surface area contributed by atoms with Crippen LogP contribution in [-0.2, 0) is 9.53 Å². The molecule has 0 aromatic heterocycles. The van der Waals surface area contributed by atoms with Gasteiger partial charge in [-0.25, -0.2) is 0 Å². The van der Waals surface area contributed by atoms with Gasteiger partial charge >= 0.3 is 0 Å². The second-order valence-electron chi connectivity index (χ2n) is 7.16. The molecule has 1 amide bonds. The molecule has 2 fully saturated rings. The van der Waals surface area contributed by atoms with Crippen LogP contribution in [0.15, 0.2) is 0 Å². The molecule has 0 aromatic rings. The molecule has 0 aliphatic carbocycles. The number of nitrogens with zero attached hydrogens (tertiary/aromatic N) is 1. The number of piperidine rings is 1. The van der Waals surface area contributed by atoms with Crippen LogP contribution in [0.5, 0.6) is 0 Å². The van der Waals surface area contributed by atoms with Gasteiger partial charge in [0.2, 0.25) is 5.91 Å². The molecule has 0 spiro atoms. The van der Waals surface area contributed by atoms with E-state index < -0.39 is 0 Å². The van der Waals surface area contributed by atoms with E-state index in [9.17, 15) is 4.79 Å². The van der Waals surface area contributed by atoms with E-state index in [0.717, 1.165) is 39.0 Å². The molecule has 2 aliphatic rings. The van der Waals surface area contributed by atoms with Gasteiger partial charge in [0.1, 0.15) is 0 Å². The Balaban J connectivity index is 1.76. The maximum atomic E-state index is 12.2. The summed E-state index contributed by atoms with van der Waals surface area (Å²) in [6.07, 6.45) is 2.56. The van der Waals surface area contributed by atoms with E-state index in [0.29, 0.717) is 18.6 Å². The molecule has 2 N–H and O–H groups in total. The van der Waals surface area contributed by atoms with Crippen LogP contribution in [0.3, 0.4) is 0 Å². The normalized spacial score (nSPS) is 23.6. The summed E-state index contributed by atoms with van der Waals surface area (Å²) in [4.78, 5) is 14.7. The summed E-state index contributed by atoms with van der Waals surface area (Å²) in [5.74, 6) is 0.813. The highest BCUT2D eigenvalue weighted by molar-refractivity contribution is 5.78. The first kappa shape index (κ1) is 16.7. The second-order valence-corrected chi connectivity index (χ2v) is 7.16. The van der Waals surface area contributed by atoms with Gasteiger partial charge in [0.05, 0.1) is 6.10 Å². The number of methoxy groups -OCH3 is 1. The standard InChI is InChI=1S/C16H31N3O2/c1-12(13-9-17-10-13)15(20)18-11-16(2,3)19-7-5-14(21-4)6-8-19/h12-14,17H,5-11H2,1-4H3,(H,18,20). The van der Waals surface area contributed by atoms with E-state index in [-0.39, 0.29) is 17.4 Å². The van der Waals surface area contributed by atoms with Crippen molar-refractivity contribution in [2.75, 3.05) is 39.8 Å². The average molecular weight is 297 g/mol. The molecule has 1 atom stereocenters. The van der Waals surface area contributed by atoms with Crippen molar-refractivity contribution in [1.82, 2.24) is 15.5 Å². The first-order valence-corrected chi connectivity index (χ1v) is 8.20. The predicted octanol–water partition coefficient (Wildman–Crippen LogP) is 0.848. The maximum absolute atomic E-state index is 12.2. The minimum absolute atomic E-state index is 0.00591. The van der Waals surface area contributed by atoms with Crippen LogP contribution < -0.4 is 10.6 Å². The lowest BCUT2D eigenvalue weighted by Crippen LogP contribution is -2.56. The van der Waals surface area contributed by atoms with Gasteiger partial charge in [-0.2, -0.15) is 0 Å². The van der Waals surface area contributed by atoms with Crippen LogP contribution >= 0.6 is 0 Å². The van der Waals surface area contributed by atoms with Gasteiger partial charge in [-0.15, -0.1) is 0 Å². The van der Waals surface area contributed by atoms with Gasteiger partial charge in [-0.3, -0.25) is 9.69 Å². The Morgan fingerprint density at radius 2 is 2.00 bits per heavy atom. The van der Waals surface area contributed by atoms with E-state index in [2.05, 4.69) is 29.4 Å². The highest BCUT2D eigenvalue weighted by Crippen LogP contribution is 2.22. The van der Waals surface area contributed by atoms with Crippen LogP contribution in [0, 0.1) is 11.8 Å². The van der Waals surface area contributed by atoms with Gasteiger partial charge in [-0.1, -0.05) is 6.92 Å². The molecule has 21 heavy (non-hydrogen) atoms. The Morgan fingerprint density at radius 3 is 2.48 bits per heavy atom. The number of rotatable bonds is 6. The van der Waals surface area contributed by atoms with E-state index in [4.69, 9.17) is 4.74 Å². The highest BCUT2D eigenvalue weighted by Gasteiger charge is 2.33. The fourth-order valence-electron chi connectivity index (χ4n) is 3.15. The monoisotopic (exact) mass is 297 g/mol. The number of amides is 1. The molecule has 5 nitrogen and oxygen atoms in total. The summed E-state index contributed by atoms with van der Waals surface area (Å²) < 4.78 is 5.42. The molecular weight excluding hydrogens is 266 g/mol. The third-order valence-corrected chi connectivity index (χ3v) is 5.26. The third kappa shape index (κ3) is 4.18. The van der Waals surface area contributed by atoms with Crippen molar-refractivity contribution in [1.29, 1.82) is 0 Å². The zero-order valence-corrected chi connectivity index (χ0v) is 13.9. The molecule has 122 valence electrons. The number of hydrogen-bond donors (Lipinski definition) is 2. The van der Waals surface area contributed by atoms with Crippen molar-refractivity contribution in [2.45, 2.75) is 45.3 Å². The molecule has 0 radical (unpaired) electrons. The lowest BCUT2D eigenvalue weighted by atomic mass is 9.88. The molecule has 2 saturated heterocycles. The Morgan fingerprint density at radius 1 is 1.38 bits per heavy atom. The van der Waals surface area contributed by atoms with E-state index in [1.165, 1.54) is 0 Å². The average Bonchev–Trinajstić information content (AvgIpc) is 2.43. The molecule has 0 saturated carbocycles. The second kappa shape index (κ2) is 7.07. The Labute approximate surface area is 128 Å². The summed E-state index contributed by atoms with van der Waals surface area (Å²) in [7, 11) is 1.79. The van der Waals surface area contributed by atoms with Gasteiger partial charge in [0, 0.05) is 38.2 Å². The first-order chi connectivity index (χ1) is 9.94. The van der Waals surface area contributed by atoms with Crippen LogP contribution in [0.2, 0.25) is 0 Å². The summed E-state index contributed by atoms with van der Waals surface area (Å²) in [5, 5.41) is 6.39. The molecule has 1 unspecified atom stereocenters. The summed E-state index contributed by atoms with van der Waals surface area (Å²) in [6, 6.07) is 0. The number of ether oxygens (including phenoxy) is 1. The third-order valence-electron chi connectivity index (χ3n) is 5.26. The zero-order valence-electron chi connectivity index (χ0n) is 13.9. The molecule has 0 bridgehead atoms. The predicted molar refractivity (Wildman–Crippen MR) is 84.2 cm³/mol. The molecular formula is C16H31N3O2. The van der Waals surface area contributed by atoms with Gasteiger partial charge in [-0.05, 0) is 45.7 Å². The highest BCUT2D eigenvalue weighted by atomic mass is 16.5. The lowest BCUT2D eigenvalue weighted by molar-refractivity contribution is -0.127. The largest absolute Gasteiger partial charge is 0.381 e. The maximum Gasteiger partial charge on any atom is 0.223 e. The number of nitrogens with one attached hydrogen (secondary N) is 2. The van der Waals surface area contributed by atoms with Crippen LogP contribution in [0.25, 0.3) is 0 Å². The van der Waals surface area contributed by atoms with Crippen molar-refractivity contribution >= 4 is 5.91 Å². The molecule has 2 rings (SSSR count). The van der Waals surface area contributed by atoms with Crippen molar-refractivity contribution in [2.24, 2.45) is 11.8 Å². The first-order valence-electron chi connectivity index (χ1n) is 8.20. The summed E-state index contributed by atoms with van der Waals surface area (Å²) in [5.41, 5.74) is 0.00591. The SMILES string of the molecule is COC1CCN(C(C)(C)CNC(=O)C(C)C2CNC2)CC1. The minimum Gasteiger partial charge on any atom is -0.381 e. The fraction of sp³-hybridized carbons (Fsp3) is 0.938. The summed E-state index contributed by atoms with van der Waals surface area (Å²) in [6.45, 7) is 11.2.